The van der Waals surface area contributed by atoms with E-state index in [0.717, 1.165) is 12.8 Å². The zero-order valence-corrected chi connectivity index (χ0v) is 11.8. The third kappa shape index (κ3) is 3.47. The molecule has 1 fully saturated rings. The maximum Gasteiger partial charge on any atom is 0.251 e. The molecule has 0 aromatic carbocycles. The first kappa shape index (κ1) is 13.4. The Morgan fingerprint density at radius 3 is 2.33 bits per heavy atom. The highest BCUT2D eigenvalue weighted by atomic mass is 16.2. The van der Waals surface area contributed by atoms with E-state index in [4.69, 9.17) is 0 Å². The number of nitrogens with zero attached hydrogens (tertiary/aromatic N) is 1. The fourth-order valence-electron chi connectivity index (χ4n) is 2.79. The van der Waals surface area contributed by atoms with Crippen molar-refractivity contribution in [1.82, 2.24) is 10.6 Å². The van der Waals surface area contributed by atoms with Gasteiger partial charge in [0.25, 0.3) is 5.91 Å². The summed E-state index contributed by atoms with van der Waals surface area (Å²) in [5, 5.41) is 6.13. The summed E-state index contributed by atoms with van der Waals surface area (Å²) < 4.78 is 0. The fraction of sp³-hybridized carbons (Fsp3) is 0.857. The van der Waals surface area contributed by atoms with Gasteiger partial charge in [0.1, 0.15) is 6.04 Å². The van der Waals surface area contributed by atoms with Crippen molar-refractivity contribution in [3.63, 3.8) is 0 Å². The molecule has 0 radical (unpaired) electrons. The minimum atomic E-state index is -0.159. The molecular weight excluding hydrogens is 226 g/mol. The van der Waals surface area contributed by atoms with Gasteiger partial charge in [-0.1, -0.05) is 25.7 Å². The van der Waals surface area contributed by atoms with E-state index in [2.05, 4.69) is 36.4 Å². The summed E-state index contributed by atoms with van der Waals surface area (Å²) >= 11 is 0. The van der Waals surface area contributed by atoms with Crippen molar-refractivity contribution >= 4 is 11.9 Å². The molecule has 2 N–H and O–H groups in total. The van der Waals surface area contributed by atoms with E-state index in [9.17, 15) is 4.79 Å². The van der Waals surface area contributed by atoms with E-state index >= 15 is 0 Å². The van der Waals surface area contributed by atoms with Gasteiger partial charge in [-0.05, 0) is 39.5 Å². The number of nitrogens with one attached hydrogen (secondary N) is 2. The van der Waals surface area contributed by atoms with Gasteiger partial charge in [-0.25, -0.2) is 4.99 Å². The Morgan fingerprint density at radius 2 is 1.78 bits per heavy atom. The molecule has 1 aliphatic carbocycles. The molecule has 0 aromatic rings. The Morgan fingerprint density at radius 1 is 1.17 bits per heavy atom. The number of guanidine groups is 1. The lowest BCUT2D eigenvalue weighted by atomic mass is 9.92. The average molecular weight is 251 g/mol. The number of amides is 1. The number of rotatable bonds is 1. The molecule has 0 bridgehead atoms. The zero-order valence-electron chi connectivity index (χ0n) is 11.8. The molecule has 1 aliphatic heterocycles. The molecule has 1 atom stereocenters. The molecule has 2 rings (SSSR count). The third-order valence-electron chi connectivity index (χ3n) is 3.62. The van der Waals surface area contributed by atoms with Crippen LogP contribution in [0.3, 0.4) is 0 Å². The summed E-state index contributed by atoms with van der Waals surface area (Å²) in [6.07, 6.45) is 7.38. The second-order valence-corrected chi connectivity index (χ2v) is 6.54. The largest absolute Gasteiger partial charge is 0.351 e. The monoisotopic (exact) mass is 251 g/mol. The zero-order chi connectivity index (χ0) is 13.2. The summed E-state index contributed by atoms with van der Waals surface area (Å²) in [5.74, 6) is 1.17. The van der Waals surface area contributed by atoms with Crippen LogP contribution in [0.4, 0.5) is 0 Å². The Balaban J connectivity index is 2.01. The van der Waals surface area contributed by atoms with E-state index in [1.807, 2.05) is 0 Å². The minimum Gasteiger partial charge on any atom is -0.351 e. The predicted octanol–water partition coefficient (Wildman–Crippen LogP) is 2.20. The predicted molar refractivity (Wildman–Crippen MR) is 73.4 cm³/mol. The van der Waals surface area contributed by atoms with Crippen LogP contribution < -0.4 is 10.6 Å². The molecule has 1 amide bonds. The SMILES string of the molecule is CC(C)(C)NC1=NC(C2CCCCCC2)C(=O)N1. The first-order valence-corrected chi connectivity index (χ1v) is 7.12. The molecule has 1 saturated carbocycles. The van der Waals surface area contributed by atoms with Gasteiger partial charge in [-0.3, -0.25) is 10.1 Å². The van der Waals surface area contributed by atoms with Crippen molar-refractivity contribution in [2.24, 2.45) is 10.9 Å². The summed E-state index contributed by atoms with van der Waals surface area (Å²) in [6, 6.07) is -0.159. The smallest absolute Gasteiger partial charge is 0.251 e. The van der Waals surface area contributed by atoms with Crippen LogP contribution in [0.2, 0.25) is 0 Å². The van der Waals surface area contributed by atoms with Crippen LogP contribution in [-0.2, 0) is 4.79 Å². The van der Waals surface area contributed by atoms with Crippen molar-refractivity contribution < 1.29 is 4.79 Å². The summed E-state index contributed by atoms with van der Waals surface area (Å²) in [6.45, 7) is 6.21. The molecule has 4 heteroatoms. The van der Waals surface area contributed by atoms with Gasteiger partial charge < -0.3 is 5.32 Å². The highest BCUT2D eigenvalue weighted by Crippen LogP contribution is 2.28. The Bertz CT molecular complexity index is 335. The molecule has 1 unspecified atom stereocenters. The quantitative estimate of drug-likeness (QED) is 0.702. The van der Waals surface area contributed by atoms with Crippen LogP contribution in [0, 0.1) is 5.92 Å². The van der Waals surface area contributed by atoms with Crippen LogP contribution in [0.25, 0.3) is 0 Å². The first-order valence-electron chi connectivity index (χ1n) is 7.12. The lowest BCUT2D eigenvalue weighted by Crippen LogP contribution is -2.47. The maximum atomic E-state index is 12.0. The molecular formula is C14H25N3O. The number of carbonyl (C=O) groups is 1. The summed E-state index contributed by atoms with van der Waals surface area (Å²) in [5.41, 5.74) is -0.0650. The van der Waals surface area contributed by atoms with Crippen LogP contribution in [-0.4, -0.2) is 23.4 Å². The van der Waals surface area contributed by atoms with Gasteiger partial charge >= 0.3 is 0 Å². The lowest BCUT2D eigenvalue weighted by Gasteiger charge is -2.21. The molecule has 4 nitrogen and oxygen atoms in total. The Kier molecular flexibility index (Phi) is 3.93. The molecule has 102 valence electrons. The van der Waals surface area contributed by atoms with Crippen LogP contribution in [0.15, 0.2) is 4.99 Å². The second kappa shape index (κ2) is 5.29. The first-order chi connectivity index (χ1) is 8.46. The van der Waals surface area contributed by atoms with E-state index in [1.54, 1.807) is 0 Å². The van der Waals surface area contributed by atoms with E-state index < -0.39 is 0 Å². The number of hydrogen-bond acceptors (Lipinski definition) is 3. The van der Waals surface area contributed by atoms with Gasteiger partial charge in [-0.15, -0.1) is 0 Å². The summed E-state index contributed by atoms with van der Waals surface area (Å²) in [7, 11) is 0. The van der Waals surface area contributed by atoms with Crippen molar-refractivity contribution in [3.05, 3.63) is 0 Å². The standard InChI is InChI=1S/C14H25N3O/c1-14(2,3)17-13-15-11(12(18)16-13)10-8-6-4-5-7-9-10/h10-11H,4-9H2,1-3H3,(H2,15,16,17,18). The van der Waals surface area contributed by atoms with Gasteiger partial charge in [0.2, 0.25) is 0 Å². The highest BCUT2D eigenvalue weighted by Gasteiger charge is 2.34. The van der Waals surface area contributed by atoms with E-state index in [1.165, 1.54) is 25.7 Å². The molecule has 18 heavy (non-hydrogen) atoms. The van der Waals surface area contributed by atoms with Gasteiger partial charge in [-0.2, -0.15) is 0 Å². The third-order valence-corrected chi connectivity index (χ3v) is 3.62. The molecule has 2 aliphatic rings. The van der Waals surface area contributed by atoms with Crippen LogP contribution in [0.5, 0.6) is 0 Å². The molecule has 1 heterocycles. The molecule has 0 spiro atoms. The van der Waals surface area contributed by atoms with Crippen molar-refractivity contribution in [2.75, 3.05) is 0 Å². The fourth-order valence-corrected chi connectivity index (χ4v) is 2.79. The van der Waals surface area contributed by atoms with Gasteiger partial charge in [0, 0.05) is 5.54 Å². The van der Waals surface area contributed by atoms with Gasteiger partial charge in [0.05, 0.1) is 0 Å². The number of carbonyl (C=O) groups excluding carboxylic acids is 1. The highest BCUT2D eigenvalue weighted by molar-refractivity contribution is 6.05. The van der Waals surface area contributed by atoms with E-state index in [-0.39, 0.29) is 17.5 Å². The Labute approximate surface area is 110 Å². The van der Waals surface area contributed by atoms with Crippen LogP contribution in [0.1, 0.15) is 59.3 Å². The second-order valence-electron chi connectivity index (χ2n) is 6.54. The van der Waals surface area contributed by atoms with Crippen molar-refractivity contribution in [1.29, 1.82) is 0 Å². The van der Waals surface area contributed by atoms with Crippen molar-refractivity contribution in [3.8, 4) is 0 Å². The van der Waals surface area contributed by atoms with Gasteiger partial charge in [0.15, 0.2) is 5.96 Å². The molecule has 0 aromatic heterocycles. The lowest BCUT2D eigenvalue weighted by molar-refractivity contribution is -0.121. The van der Waals surface area contributed by atoms with E-state index in [0.29, 0.717) is 11.9 Å². The number of aliphatic imine (C=N–C) groups is 1. The maximum absolute atomic E-state index is 12.0. The minimum absolute atomic E-state index is 0.0650. The topological polar surface area (TPSA) is 53.5 Å². The summed E-state index contributed by atoms with van der Waals surface area (Å²) in [4.78, 5) is 16.6. The van der Waals surface area contributed by atoms with Crippen LogP contribution >= 0.6 is 0 Å². The van der Waals surface area contributed by atoms with Crippen molar-refractivity contribution in [2.45, 2.75) is 70.9 Å². The Hall–Kier alpha value is -1.06. The molecule has 0 saturated heterocycles. The average Bonchev–Trinajstić information content (AvgIpc) is 2.51. The number of hydrogen-bond donors (Lipinski definition) is 2. The normalized spacial score (nSPS) is 26.5.